The summed E-state index contributed by atoms with van der Waals surface area (Å²) in [4.78, 5) is 11.1. The van der Waals surface area contributed by atoms with Crippen LogP contribution in [-0.2, 0) is 0 Å². The zero-order chi connectivity index (χ0) is 19.2. The second kappa shape index (κ2) is 8.84. The fourth-order valence-corrected chi connectivity index (χ4v) is 3.42. The number of rotatable bonds is 7. The van der Waals surface area contributed by atoms with Gasteiger partial charge in [0.25, 0.3) is 0 Å². The third-order valence-electron chi connectivity index (χ3n) is 4.82. The van der Waals surface area contributed by atoms with Gasteiger partial charge in [0.05, 0.1) is 12.3 Å². The Kier molecular flexibility index (Phi) is 5.82. The average molecular weight is 382 g/mol. The molecule has 0 saturated carbocycles. The first-order valence-corrected chi connectivity index (χ1v) is 9.56. The summed E-state index contributed by atoms with van der Waals surface area (Å²) in [5, 5.41) is 3.30. The van der Waals surface area contributed by atoms with Gasteiger partial charge in [0.15, 0.2) is 0 Å². The smallest absolute Gasteiger partial charge is 0.226 e. The molecule has 1 saturated heterocycles. The molecule has 0 aliphatic carbocycles. The molecule has 1 aliphatic rings. The van der Waals surface area contributed by atoms with Crippen molar-refractivity contribution in [3.63, 3.8) is 0 Å². The van der Waals surface area contributed by atoms with Crippen LogP contribution < -0.4 is 10.1 Å². The van der Waals surface area contributed by atoms with Crippen LogP contribution in [0.4, 0.5) is 10.3 Å². The monoisotopic (exact) mass is 382 g/mol. The molecule has 1 aromatic carbocycles. The second-order valence-electron chi connectivity index (χ2n) is 6.78. The molecule has 0 radical (unpaired) electrons. The first-order chi connectivity index (χ1) is 13.8. The van der Waals surface area contributed by atoms with Gasteiger partial charge in [0.2, 0.25) is 11.8 Å². The number of furan rings is 1. The Morgan fingerprint density at radius 1 is 1.11 bits per heavy atom. The van der Waals surface area contributed by atoms with E-state index in [2.05, 4.69) is 20.2 Å². The highest BCUT2D eigenvalue weighted by Gasteiger charge is 2.24. The molecule has 1 atom stereocenters. The van der Waals surface area contributed by atoms with Crippen molar-refractivity contribution in [2.24, 2.45) is 0 Å². The minimum Gasteiger partial charge on any atom is -0.468 e. The number of aromatic nitrogens is 2. The molecule has 3 aromatic rings. The van der Waals surface area contributed by atoms with Gasteiger partial charge in [0.1, 0.15) is 17.3 Å². The summed E-state index contributed by atoms with van der Waals surface area (Å²) in [5.41, 5.74) is 0. The highest BCUT2D eigenvalue weighted by molar-refractivity contribution is 5.32. The van der Waals surface area contributed by atoms with Crippen molar-refractivity contribution in [2.45, 2.75) is 25.3 Å². The third kappa shape index (κ3) is 4.67. The summed E-state index contributed by atoms with van der Waals surface area (Å²) < 4.78 is 24.4. The molecule has 7 heteroatoms. The number of hydrogen-bond acceptors (Lipinski definition) is 6. The molecule has 1 N–H and O–H groups in total. The second-order valence-corrected chi connectivity index (χ2v) is 6.78. The van der Waals surface area contributed by atoms with Crippen LogP contribution >= 0.6 is 0 Å². The summed E-state index contributed by atoms with van der Waals surface area (Å²) in [6.07, 6.45) is 7.03. The number of nitrogens with zero attached hydrogens (tertiary/aromatic N) is 3. The van der Waals surface area contributed by atoms with Crippen LogP contribution in [0.2, 0.25) is 0 Å². The van der Waals surface area contributed by atoms with Crippen LogP contribution in [0.1, 0.15) is 31.1 Å². The van der Waals surface area contributed by atoms with E-state index in [1.807, 2.05) is 12.1 Å². The molecule has 0 spiro atoms. The van der Waals surface area contributed by atoms with E-state index in [0.29, 0.717) is 24.1 Å². The van der Waals surface area contributed by atoms with Crippen LogP contribution in [0, 0.1) is 5.82 Å². The van der Waals surface area contributed by atoms with Gasteiger partial charge in [-0.05, 0) is 62.3 Å². The number of likely N-dealkylation sites (tertiary alicyclic amines) is 1. The fraction of sp³-hybridized carbons (Fsp3) is 0.333. The lowest BCUT2D eigenvalue weighted by atomic mass is 10.1. The quantitative estimate of drug-likeness (QED) is 0.642. The van der Waals surface area contributed by atoms with E-state index in [4.69, 9.17) is 9.15 Å². The van der Waals surface area contributed by atoms with E-state index in [9.17, 15) is 4.39 Å². The Bertz CT molecular complexity index is 864. The van der Waals surface area contributed by atoms with Gasteiger partial charge in [-0.25, -0.2) is 9.37 Å². The number of anilines is 1. The summed E-state index contributed by atoms with van der Waals surface area (Å²) in [6, 6.07) is 11.5. The Labute approximate surface area is 163 Å². The summed E-state index contributed by atoms with van der Waals surface area (Å²) >= 11 is 0. The maximum absolute atomic E-state index is 13.0. The summed E-state index contributed by atoms with van der Waals surface area (Å²) in [5.74, 6) is 2.03. The normalized spacial score (nSPS) is 15.9. The molecular weight excluding hydrogens is 359 g/mol. The molecule has 4 rings (SSSR count). The highest BCUT2D eigenvalue weighted by Crippen LogP contribution is 2.26. The van der Waals surface area contributed by atoms with Crippen LogP contribution in [0.25, 0.3) is 0 Å². The molecule has 1 fully saturated rings. The predicted octanol–water partition coefficient (Wildman–Crippen LogP) is 4.64. The first-order valence-electron chi connectivity index (χ1n) is 9.56. The lowest BCUT2D eigenvalue weighted by Gasteiger charge is -2.33. The number of ether oxygens (including phenoxy) is 1. The maximum Gasteiger partial charge on any atom is 0.226 e. The summed E-state index contributed by atoms with van der Waals surface area (Å²) in [6.45, 7) is 2.75. The van der Waals surface area contributed by atoms with E-state index >= 15 is 0 Å². The predicted molar refractivity (Wildman–Crippen MR) is 104 cm³/mol. The lowest BCUT2D eigenvalue weighted by Crippen LogP contribution is -2.37. The van der Waals surface area contributed by atoms with Gasteiger partial charge >= 0.3 is 0 Å². The standard InChI is InChI=1S/C21H23FN4O2/c22-16-6-8-17(9-7-16)28-20-10-11-23-21(25-20)24-15-18(19-5-4-14-27-19)26-12-2-1-3-13-26/h4-11,14,18H,1-3,12-13,15H2,(H,23,24,25). The topological polar surface area (TPSA) is 63.4 Å². The molecular formula is C21H23FN4O2. The molecule has 146 valence electrons. The van der Waals surface area contributed by atoms with Crippen molar-refractivity contribution < 1.29 is 13.5 Å². The average Bonchev–Trinajstić information content (AvgIpc) is 3.26. The van der Waals surface area contributed by atoms with E-state index < -0.39 is 0 Å². The molecule has 1 unspecified atom stereocenters. The van der Waals surface area contributed by atoms with E-state index in [-0.39, 0.29) is 11.9 Å². The van der Waals surface area contributed by atoms with Crippen molar-refractivity contribution in [3.05, 3.63) is 66.5 Å². The Morgan fingerprint density at radius 3 is 2.68 bits per heavy atom. The molecule has 2 aromatic heterocycles. The van der Waals surface area contributed by atoms with Crippen molar-refractivity contribution in [1.29, 1.82) is 0 Å². The fourth-order valence-electron chi connectivity index (χ4n) is 3.42. The van der Waals surface area contributed by atoms with Gasteiger partial charge < -0.3 is 14.5 Å². The van der Waals surface area contributed by atoms with Gasteiger partial charge in [-0.1, -0.05) is 6.42 Å². The molecule has 1 aliphatic heterocycles. The summed E-state index contributed by atoms with van der Waals surface area (Å²) in [7, 11) is 0. The Hall–Kier alpha value is -2.93. The lowest BCUT2D eigenvalue weighted by molar-refractivity contribution is 0.152. The van der Waals surface area contributed by atoms with E-state index in [1.54, 1.807) is 30.7 Å². The third-order valence-corrected chi connectivity index (χ3v) is 4.82. The number of hydrogen-bond donors (Lipinski definition) is 1. The van der Waals surface area contributed by atoms with Gasteiger partial charge in [-0.15, -0.1) is 0 Å². The van der Waals surface area contributed by atoms with E-state index in [1.165, 1.54) is 31.4 Å². The van der Waals surface area contributed by atoms with Crippen LogP contribution in [0.3, 0.4) is 0 Å². The zero-order valence-corrected chi connectivity index (χ0v) is 15.6. The molecule has 6 nitrogen and oxygen atoms in total. The number of benzene rings is 1. The number of piperidine rings is 1. The first kappa shape index (κ1) is 18.4. The van der Waals surface area contributed by atoms with Crippen molar-refractivity contribution in [3.8, 4) is 11.6 Å². The molecule has 28 heavy (non-hydrogen) atoms. The largest absolute Gasteiger partial charge is 0.468 e. The highest BCUT2D eigenvalue weighted by atomic mass is 19.1. The van der Waals surface area contributed by atoms with Crippen molar-refractivity contribution in [2.75, 3.05) is 25.0 Å². The van der Waals surface area contributed by atoms with Gasteiger partial charge in [-0.3, -0.25) is 4.90 Å². The van der Waals surface area contributed by atoms with Crippen molar-refractivity contribution >= 4 is 5.95 Å². The zero-order valence-electron chi connectivity index (χ0n) is 15.6. The Balaban J connectivity index is 1.43. The molecule has 0 amide bonds. The maximum atomic E-state index is 13.0. The van der Waals surface area contributed by atoms with E-state index in [0.717, 1.165) is 18.8 Å². The Morgan fingerprint density at radius 2 is 1.93 bits per heavy atom. The molecule has 3 heterocycles. The number of halogens is 1. The van der Waals surface area contributed by atoms with Gasteiger partial charge in [-0.2, -0.15) is 4.98 Å². The van der Waals surface area contributed by atoms with Gasteiger partial charge in [0, 0.05) is 18.8 Å². The number of nitrogens with one attached hydrogen (secondary N) is 1. The minimum absolute atomic E-state index is 0.126. The van der Waals surface area contributed by atoms with Crippen LogP contribution in [0.5, 0.6) is 11.6 Å². The van der Waals surface area contributed by atoms with Crippen LogP contribution in [0.15, 0.2) is 59.3 Å². The SMILES string of the molecule is Fc1ccc(Oc2ccnc(NCC(c3ccco3)N3CCCCC3)n2)cc1. The minimum atomic E-state index is -0.306. The van der Waals surface area contributed by atoms with Crippen LogP contribution in [-0.4, -0.2) is 34.5 Å². The van der Waals surface area contributed by atoms with Crippen molar-refractivity contribution in [1.82, 2.24) is 14.9 Å². The molecule has 0 bridgehead atoms.